The lowest BCUT2D eigenvalue weighted by Crippen LogP contribution is -2.44. The Labute approximate surface area is 139 Å². The Hall–Kier alpha value is -2.18. The highest BCUT2D eigenvalue weighted by atomic mass is 19.1. The molecule has 2 aliphatic rings. The van der Waals surface area contributed by atoms with Gasteiger partial charge in [-0.25, -0.2) is 8.78 Å². The summed E-state index contributed by atoms with van der Waals surface area (Å²) in [5, 5.41) is 2.87. The van der Waals surface area contributed by atoms with Gasteiger partial charge in [0, 0.05) is 25.2 Å². The average molecular weight is 338 g/mol. The summed E-state index contributed by atoms with van der Waals surface area (Å²) in [6, 6.07) is 3.29. The largest absolute Gasteiger partial charge is 0.465 e. The second-order valence-corrected chi connectivity index (χ2v) is 6.30. The lowest BCUT2D eigenvalue weighted by Gasteiger charge is -2.21. The lowest BCUT2D eigenvalue weighted by molar-refractivity contribution is -0.154. The lowest BCUT2D eigenvalue weighted by atomic mass is 10.1. The van der Waals surface area contributed by atoms with Crippen molar-refractivity contribution in [2.24, 2.45) is 5.41 Å². The van der Waals surface area contributed by atoms with E-state index in [1.807, 2.05) is 0 Å². The fourth-order valence-corrected chi connectivity index (χ4v) is 3.08. The molecule has 1 atom stereocenters. The van der Waals surface area contributed by atoms with Crippen molar-refractivity contribution < 1.29 is 23.1 Å². The molecule has 1 aromatic rings. The second-order valence-electron chi connectivity index (χ2n) is 6.30. The highest BCUT2D eigenvalue weighted by Crippen LogP contribution is 2.47. The summed E-state index contributed by atoms with van der Waals surface area (Å²) in [4.78, 5) is 26.1. The molecule has 130 valence electrons. The van der Waals surface area contributed by atoms with Gasteiger partial charge in [-0.2, -0.15) is 0 Å². The Morgan fingerprint density at radius 3 is 2.75 bits per heavy atom. The zero-order chi connectivity index (χ0) is 17.3. The van der Waals surface area contributed by atoms with Crippen LogP contribution >= 0.6 is 0 Å². The molecule has 0 aromatic heterocycles. The van der Waals surface area contributed by atoms with Gasteiger partial charge in [-0.3, -0.25) is 9.59 Å². The summed E-state index contributed by atoms with van der Waals surface area (Å²) in [5.41, 5.74) is -0.718. The Balaban J connectivity index is 1.60. The molecule has 5 nitrogen and oxygen atoms in total. The smallest absolute Gasteiger partial charge is 0.321 e. The Bertz CT molecular complexity index is 661. The van der Waals surface area contributed by atoms with Crippen molar-refractivity contribution >= 4 is 17.6 Å². The summed E-state index contributed by atoms with van der Waals surface area (Å²) >= 11 is 0. The topological polar surface area (TPSA) is 58.6 Å². The van der Waals surface area contributed by atoms with Gasteiger partial charge in [-0.05, 0) is 38.3 Å². The number of carbonyl (C=O) groups excluding carboxylic acids is 2. The number of halogens is 2. The molecule has 1 aliphatic carbocycles. The minimum absolute atomic E-state index is 0.172. The number of carbonyl (C=O) groups is 2. The van der Waals surface area contributed by atoms with Gasteiger partial charge in [0.05, 0.1) is 12.3 Å². The van der Waals surface area contributed by atoms with Crippen LogP contribution in [0.3, 0.4) is 0 Å². The standard InChI is InChI=1S/C17H20F2N2O3/c1-2-24-16(23)17(6-7-17)15(22)20-12-5-8-21(10-12)14-4-3-11(18)9-13(14)19/h3-4,9,12H,2,5-8,10H2,1H3,(H,20,22)/t12-/m1/s1. The quantitative estimate of drug-likeness (QED) is 0.659. The minimum Gasteiger partial charge on any atom is -0.465 e. The Morgan fingerprint density at radius 2 is 2.12 bits per heavy atom. The van der Waals surface area contributed by atoms with Crippen LogP contribution in [0.5, 0.6) is 0 Å². The van der Waals surface area contributed by atoms with Gasteiger partial charge in [0.25, 0.3) is 0 Å². The minimum atomic E-state index is -1.04. The molecule has 1 saturated heterocycles. The zero-order valence-electron chi connectivity index (χ0n) is 13.5. The second kappa shape index (κ2) is 6.37. The molecule has 1 amide bonds. The van der Waals surface area contributed by atoms with Crippen molar-refractivity contribution in [3.8, 4) is 0 Å². The van der Waals surface area contributed by atoms with Crippen LogP contribution in [0.4, 0.5) is 14.5 Å². The van der Waals surface area contributed by atoms with Crippen molar-refractivity contribution in [3.05, 3.63) is 29.8 Å². The van der Waals surface area contributed by atoms with Crippen molar-refractivity contribution in [2.45, 2.75) is 32.2 Å². The maximum Gasteiger partial charge on any atom is 0.321 e. The van der Waals surface area contributed by atoms with Crippen LogP contribution in [0.1, 0.15) is 26.2 Å². The van der Waals surface area contributed by atoms with Crippen LogP contribution in [0, 0.1) is 17.0 Å². The van der Waals surface area contributed by atoms with E-state index in [1.165, 1.54) is 12.1 Å². The molecule has 24 heavy (non-hydrogen) atoms. The van der Waals surface area contributed by atoms with Gasteiger partial charge < -0.3 is 15.0 Å². The maximum atomic E-state index is 13.9. The number of nitrogens with one attached hydrogen (secondary N) is 1. The van der Waals surface area contributed by atoms with Gasteiger partial charge in [-0.15, -0.1) is 0 Å². The van der Waals surface area contributed by atoms with Gasteiger partial charge in [0.15, 0.2) is 0 Å². The first-order chi connectivity index (χ1) is 11.5. The first-order valence-electron chi connectivity index (χ1n) is 8.14. The van der Waals surface area contributed by atoms with E-state index >= 15 is 0 Å². The normalized spacial score (nSPS) is 21.5. The van der Waals surface area contributed by atoms with E-state index in [0.717, 1.165) is 6.07 Å². The number of ether oxygens (including phenoxy) is 1. The molecule has 1 N–H and O–H groups in total. The number of nitrogens with zero attached hydrogens (tertiary/aromatic N) is 1. The number of esters is 1. The summed E-state index contributed by atoms with van der Waals surface area (Å²) < 4.78 is 31.8. The monoisotopic (exact) mass is 338 g/mol. The van der Waals surface area contributed by atoms with Crippen LogP contribution < -0.4 is 10.2 Å². The molecule has 7 heteroatoms. The first kappa shape index (κ1) is 16.7. The van der Waals surface area contributed by atoms with E-state index in [9.17, 15) is 18.4 Å². The highest BCUT2D eigenvalue weighted by molar-refractivity contribution is 6.05. The zero-order valence-corrected chi connectivity index (χ0v) is 13.5. The van der Waals surface area contributed by atoms with E-state index in [-0.39, 0.29) is 18.6 Å². The average Bonchev–Trinajstić information content (AvgIpc) is 3.23. The van der Waals surface area contributed by atoms with Gasteiger partial charge in [0.2, 0.25) is 5.91 Å². The molecule has 0 spiro atoms. The molecular formula is C17H20F2N2O3. The maximum absolute atomic E-state index is 13.9. The van der Waals surface area contributed by atoms with E-state index in [4.69, 9.17) is 4.74 Å². The molecule has 0 bridgehead atoms. The van der Waals surface area contributed by atoms with Crippen molar-refractivity contribution in [1.82, 2.24) is 5.32 Å². The molecule has 1 heterocycles. The Kier molecular flexibility index (Phi) is 4.43. The third kappa shape index (κ3) is 3.07. The van der Waals surface area contributed by atoms with Gasteiger partial charge >= 0.3 is 5.97 Å². The summed E-state index contributed by atoms with van der Waals surface area (Å²) in [5.74, 6) is -2.02. The molecule has 2 fully saturated rings. The number of benzene rings is 1. The van der Waals surface area contributed by atoms with Crippen LogP contribution in [0.2, 0.25) is 0 Å². The third-order valence-electron chi connectivity index (χ3n) is 4.62. The molecule has 0 radical (unpaired) electrons. The number of hydrogen-bond acceptors (Lipinski definition) is 4. The predicted molar refractivity (Wildman–Crippen MR) is 83.4 cm³/mol. The molecule has 1 aliphatic heterocycles. The molecule has 3 rings (SSSR count). The summed E-state index contributed by atoms with van der Waals surface area (Å²) in [6.07, 6.45) is 1.64. The fourth-order valence-electron chi connectivity index (χ4n) is 3.08. The molecular weight excluding hydrogens is 318 g/mol. The Morgan fingerprint density at radius 1 is 1.38 bits per heavy atom. The van der Waals surface area contributed by atoms with Crippen LogP contribution in [-0.4, -0.2) is 37.6 Å². The van der Waals surface area contributed by atoms with Crippen molar-refractivity contribution in [2.75, 3.05) is 24.6 Å². The van der Waals surface area contributed by atoms with E-state index in [1.54, 1.807) is 11.8 Å². The summed E-state index contributed by atoms with van der Waals surface area (Å²) in [7, 11) is 0. The van der Waals surface area contributed by atoms with Crippen molar-refractivity contribution in [3.63, 3.8) is 0 Å². The van der Waals surface area contributed by atoms with E-state index < -0.39 is 23.0 Å². The number of hydrogen-bond donors (Lipinski definition) is 1. The van der Waals surface area contributed by atoms with E-state index in [2.05, 4.69) is 5.32 Å². The number of rotatable bonds is 5. The third-order valence-corrected chi connectivity index (χ3v) is 4.62. The summed E-state index contributed by atoms with van der Waals surface area (Å²) in [6.45, 7) is 2.93. The molecule has 1 saturated carbocycles. The van der Waals surface area contributed by atoms with Crippen molar-refractivity contribution in [1.29, 1.82) is 0 Å². The molecule has 1 aromatic carbocycles. The SMILES string of the molecule is CCOC(=O)C1(C(=O)N[C@@H]2CCN(c3ccc(F)cc3F)C2)CC1. The van der Waals surface area contributed by atoms with Crippen LogP contribution in [-0.2, 0) is 14.3 Å². The molecule has 0 unspecified atom stereocenters. The van der Waals surface area contributed by atoms with Gasteiger partial charge in [-0.1, -0.05) is 0 Å². The number of amides is 1. The predicted octanol–water partition coefficient (Wildman–Crippen LogP) is 2.00. The van der Waals surface area contributed by atoms with E-state index in [0.29, 0.717) is 38.0 Å². The van der Waals surface area contributed by atoms with Crippen LogP contribution in [0.15, 0.2) is 18.2 Å². The van der Waals surface area contributed by atoms with Gasteiger partial charge in [0.1, 0.15) is 17.0 Å². The highest BCUT2D eigenvalue weighted by Gasteiger charge is 2.58. The fraction of sp³-hybridized carbons (Fsp3) is 0.529. The first-order valence-corrected chi connectivity index (χ1v) is 8.14. The number of anilines is 1. The van der Waals surface area contributed by atoms with Crippen LogP contribution in [0.25, 0.3) is 0 Å².